The summed E-state index contributed by atoms with van der Waals surface area (Å²) in [6.45, 7) is 0.717. The first-order valence-corrected chi connectivity index (χ1v) is 10.1. The van der Waals surface area contributed by atoms with Gasteiger partial charge in [0.1, 0.15) is 11.5 Å². The number of carbonyl (C=O) groups excluding carboxylic acids is 2. The quantitative estimate of drug-likeness (QED) is 0.831. The molecule has 0 aromatic heterocycles. The average molecular weight is 394 g/mol. The Bertz CT molecular complexity index is 934. The van der Waals surface area contributed by atoms with Gasteiger partial charge in [0.05, 0.1) is 19.8 Å². The summed E-state index contributed by atoms with van der Waals surface area (Å²) in [5, 5.41) is 2.93. The van der Waals surface area contributed by atoms with E-state index in [1.807, 2.05) is 23.1 Å². The Labute approximate surface area is 170 Å². The molecule has 1 aliphatic carbocycles. The second-order valence-electron chi connectivity index (χ2n) is 7.59. The molecule has 1 aliphatic heterocycles. The van der Waals surface area contributed by atoms with Crippen molar-refractivity contribution in [2.24, 2.45) is 5.92 Å². The van der Waals surface area contributed by atoms with Crippen molar-refractivity contribution < 1.29 is 19.1 Å². The van der Waals surface area contributed by atoms with E-state index in [2.05, 4.69) is 5.32 Å². The van der Waals surface area contributed by atoms with Crippen LogP contribution in [0.25, 0.3) is 0 Å². The lowest BCUT2D eigenvalue weighted by Crippen LogP contribution is -2.33. The third-order valence-electron chi connectivity index (χ3n) is 5.86. The maximum atomic E-state index is 12.9. The lowest BCUT2D eigenvalue weighted by Gasteiger charge is -2.21. The van der Waals surface area contributed by atoms with Crippen molar-refractivity contribution in [3.8, 4) is 11.5 Å². The molecule has 0 bridgehead atoms. The number of nitrogens with one attached hydrogen (secondary N) is 1. The number of fused-ring (bicyclic) bond motifs is 1. The number of hydrogen-bond acceptors (Lipinski definition) is 4. The van der Waals surface area contributed by atoms with Crippen LogP contribution in [0, 0.1) is 5.92 Å². The van der Waals surface area contributed by atoms with E-state index >= 15 is 0 Å². The van der Waals surface area contributed by atoms with Gasteiger partial charge in [-0.25, -0.2) is 0 Å². The van der Waals surface area contributed by atoms with Gasteiger partial charge >= 0.3 is 0 Å². The van der Waals surface area contributed by atoms with Crippen molar-refractivity contribution >= 4 is 23.2 Å². The number of carbonyl (C=O) groups is 2. The van der Waals surface area contributed by atoms with Crippen molar-refractivity contribution in [2.75, 3.05) is 31.0 Å². The summed E-state index contributed by atoms with van der Waals surface area (Å²) < 4.78 is 10.5. The minimum absolute atomic E-state index is 0.141. The SMILES string of the molecule is COc1ccc(C(=O)Nc2ccc3c(c2)N(C(=O)C2CCCC2)CC3)c(OC)c1. The first-order valence-electron chi connectivity index (χ1n) is 10.1. The van der Waals surface area contributed by atoms with Crippen molar-refractivity contribution in [3.63, 3.8) is 0 Å². The van der Waals surface area contributed by atoms with E-state index < -0.39 is 0 Å². The number of amides is 2. The van der Waals surface area contributed by atoms with E-state index in [4.69, 9.17) is 9.47 Å². The standard InChI is InChI=1S/C23H26N2O4/c1-28-18-9-10-19(21(14-18)29-2)22(26)24-17-8-7-15-11-12-25(20(15)13-17)23(27)16-5-3-4-6-16/h7-10,13-14,16H,3-6,11-12H2,1-2H3,(H,24,26). The number of hydrogen-bond donors (Lipinski definition) is 1. The molecule has 2 aliphatic rings. The number of methoxy groups -OCH3 is 2. The molecule has 0 saturated heterocycles. The first kappa shape index (κ1) is 19.3. The number of ether oxygens (including phenoxy) is 2. The Hall–Kier alpha value is -3.02. The maximum Gasteiger partial charge on any atom is 0.259 e. The van der Waals surface area contributed by atoms with Crippen LogP contribution in [0.5, 0.6) is 11.5 Å². The monoisotopic (exact) mass is 394 g/mol. The zero-order valence-corrected chi connectivity index (χ0v) is 16.9. The fourth-order valence-corrected chi connectivity index (χ4v) is 4.26. The molecule has 6 heteroatoms. The minimum Gasteiger partial charge on any atom is -0.497 e. The molecule has 2 amide bonds. The number of benzene rings is 2. The lowest BCUT2D eigenvalue weighted by atomic mass is 10.1. The molecule has 29 heavy (non-hydrogen) atoms. The Morgan fingerprint density at radius 1 is 1.03 bits per heavy atom. The molecule has 2 aromatic carbocycles. The van der Waals surface area contributed by atoms with Crippen LogP contribution in [0.3, 0.4) is 0 Å². The largest absolute Gasteiger partial charge is 0.497 e. The van der Waals surface area contributed by atoms with Crippen LogP contribution in [-0.2, 0) is 11.2 Å². The summed E-state index contributed by atoms with van der Waals surface area (Å²) in [5.41, 5.74) is 3.16. The normalized spacial score (nSPS) is 15.9. The average Bonchev–Trinajstić information content (AvgIpc) is 3.42. The van der Waals surface area contributed by atoms with Gasteiger partial charge in [0.2, 0.25) is 5.91 Å². The molecular formula is C23H26N2O4. The van der Waals surface area contributed by atoms with Crippen molar-refractivity contribution in [1.29, 1.82) is 0 Å². The predicted molar refractivity (Wildman–Crippen MR) is 112 cm³/mol. The van der Waals surface area contributed by atoms with Crippen LogP contribution in [0.15, 0.2) is 36.4 Å². The summed E-state index contributed by atoms with van der Waals surface area (Å²) in [5.74, 6) is 1.17. The van der Waals surface area contributed by atoms with E-state index in [9.17, 15) is 9.59 Å². The third kappa shape index (κ3) is 3.79. The van der Waals surface area contributed by atoms with Gasteiger partial charge in [-0.05, 0) is 49.1 Å². The Morgan fingerprint density at radius 3 is 2.55 bits per heavy atom. The summed E-state index contributed by atoms with van der Waals surface area (Å²) in [6.07, 6.45) is 5.10. The molecule has 1 fully saturated rings. The predicted octanol–water partition coefficient (Wildman–Crippen LogP) is 4.04. The van der Waals surface area contributed by atoms with Crippen LogP contribution >= 0.6 is 0 Å². The summed E-state index contributed by atoms with van der Waals surface area (Å²) >= 11 is 0. The second kappa shape index (κ2) is 8.15. The minimum atomic E-state index is -0.267. The van der Waals surface area contributed by atoms with Gasteiger partial charge in [0.25, 0.3) is 5.91 Å². The molecule has 4 rings (SSSR count). The Morgan fingerprint density at radius 2 is 1.83 bits per heavy atom. The van der Waals surface area contributed by atoms with Gasteiger partial charge in [-0.1, -0.05) is 18.9 Å². The molecule has 0 radical (unpaired) electrons. The Kier molecular flexibility index (Phi) is 5.43. The maximum absolute atomic E-state index is 12.9. The fraction of sp³-hybridized carbons (Fsp3) is 0.391. The van der Waals surface area contributed by atoms with Crippen molar-refractivity contribution in [3.05, 3.63) is 47.5 Å². The molecular weight excluding hydrogens is 368 g/mol. The van der Waals surface area contributed by atoms with E-state index in [0.717, 1.165) is 43.4 Å². The van der Waals surface area contributed by atoms with Gasteiger partial charge in [0.15, 0.2) is 0 Å². The molecule has 1 saturated carbocycles. The topological polar surface area (TPSA) is 67.9 Å². The number of rotatable bonds is 5. The summed E-state index contributed by atoms with van der Waals surface area (Å²) in [4.78, 5) is 27.6. The third-order valence-corrected chi connectivity index (χ3v) is 5.86. The van der Waals surface area contributed by atoms with Crippen molar-refractivity contribution in [1.82, 2.24) is 0 Å². The highest BCUT2D eigenvalue weighted by atomic mass is 16.5. The number of anilines is 2. The van der Waals surface area contributed by atoms with Gasteiger partial charge in [0, 0.05) is 29.9 Å². The number of nitrogens with zero attached hydrogens (tertiary/aromatic N) is 1. The molecule has 152 valence electrons. The summed E-state index contributed by atoms with van der Waals surface area (Å²) in [7, 11) is 3.09. The zero-order valence-electron chi connectivity index (χ0n) is 16.9. The van der Waals surface area contributed by atoms with Gasteiger partial charge in [-0.3, -0.25) is 9.59 Å². The molecule has 2 aromatic rings. The second-order valence-corrected chi connectivity index (χ2v) is 7.59. The highest BCUT2D eigenvalue weighted by molar-refractivity contribution is 6.07. The molecule has 0 atom stereocenters. The molecule has 0 unspecified atom stereocenters. The molecule has 1 N–H and O–H groups in total. The fourth-order valence-electron chi connectivity index (χ4n) is 4.26. The lowest BCUT2D eigenvalue weighted by molar-refractivity contribution is -0.122. The van der Waals surface area contributed by atoms with Crippen LogP contribution in [0.4, 0.5) is 11.4 Å². The van der Waals surface area contributed by atoms with E-state index in [1.165, 1.54) is 7.11 Å². The summed E-state index contributed by atoms with van der Waals surface area (Å²) in [6, 6.07) is 10.9. The zero-order chi connectivity index (χ0) is 20.4. The van der Waals surface area contributed by atoms with Gasteiger partial charge < -0.3 is 19.7 Å². The van der Waals surface area contributed by atoms with Crippen molar-refractivity contribution in [2.45, 2.75) is 32.1 Å². The van der Waals surface area contributed by atoms with E-state index in [-0.39, 0.29) is 17.7 Å². The van der Waals surface area contributed by atoms with Crippen LogP contribution in [0.2, 0.25) is 0 Å². The Balaban J connectivity index is 1.54. The van der Waals surface area contributed by atoms with Crippen LogP contribution in [0.1, 0.15) is 41.6 Å². The first-order chi connectivity index (χ1) is 14.1. The molecule has 6 nitrogen and oxygen atoms in total. The van der Waals surface area contributed by atoms with E-state index in [1.54, 1.807) is 25.3 Å². The van der Waals surface area contributed by atoms with Crippen LogP contribution in [-0.4, -0.2) is 32.6 Å². The van der Waals surface area contributed by atoms with Crippen LogP contribution < -0.4 is 19.7 Å². The van der Waals surface area contributed by atoms with Gasteiger partial charge in [-0.2, -0.15) is 0 Å². The highest BCUT2D eigenvalue weighted by Gasteiger charge is 2.32. The molecule has 1 heterocycles. The molecule has 0 spiro atoms. The highest BCUT2D eigenvalue weighted by Crippen LogP contribution is 2.35. The van der Waals surface area contributed by atoms with Gasteiger partial charge in [-0.15, -0.1) is 0 Å². The smallest absolute Gasteiger partial charge is 0.259 e. The van der Waals surface area contributed by atoms with E-state index in [0.29, 0.717) is 29.3 Å².